The average Bonchev–Trinajstić information content (AvgIpc) is 3.03. The van der Waals surface area contributed by atoms with Crippen LogP contribution in [0.2, 0.25) is 0 Å². The van der Waals surface area contributed by atoms with Gasteiger partial charge in [-0.15, -0.1) is 0 Å². The van der Waals surface area contributed by atoms with Crippen LogP contribution in [0.25, 0.3) is 0 Å². The fraction of sp³-hybridized carbons (Fsp3) is 1.00. The summed E-state index contributed by atoms with van der Waals surface area (Å²) in [5.74, 6) is 4.24. The molecule has 0 bridgehead atoms. The van der Waals surface area contributed by atoms with Crippen molar-refractivity contribution >= 4 is 0 Å². The first-order valence-corrected chi connectivity index (χ1v) is 9.65. The van der Waals surface area contributed by atoms with Crippen LogP contribution in [-0.4, -0.2) is 0 Å². The largest absolute Gasteiger partial charge is 2.00 e. The quantitative estimate of drug-likeness (QED) is 0.462. The summed E-state index contributed by atoms with van der Waals surface area (Å²) in [5.41, 5.74) is 0. The Balaban J connectivity index is 0.000000364. The van der Waals surface area contributed by atoms with Gasteiger partial charge >= 0.3 is 26.2 Å². The van der Waals surface area contributed by atoms with Crippen molar-refractivity contribution in [1.82, 2.24) is 0 Å². The van der Waals surface area contributed by atoms with Crippen LogP contribution in [0.5, 0.6) is 0 Å². The molecule has 0 saturated heterocycles. The van der Waals surface area contributed by atoms with Gasteiger partial charge in [-0.1, -0.05) is 91.9 Å². The minimum absolute atomic E-state index is 0. The molecule has 122 valence electrons. The molecular weight excluding hydrogens is 331 g/mol. The third-order valence-electron chi connectivity index (χ3n) is 5.54. The Kier molecular flexibility index (Phi) is 13.9. The van der Waals surface area contributed by atoms with E-state index in [2.05, 4.69) is 27.7 Å². The van der Waals surface area contributed by atoms with Crippen LogP contribution in [0.1, 0.15) is 105 Å². The molecule has 21 heavy (non-hydrogen) atoms. The molecule has 2 aliphatic rings. The van der Waals surface area contributed by atoms with Crippen molar-refractivity contribution in [3.05, 3.63) is 0 Å². The van der Waals surface area contributed by atoms with Crippen LogP contribution in [0.15, 0.2) is 0 Å². The SMILES string of the molecule is CCCCC1CCC(C)C1.CCCCC1CCC(C)C1.[Zr+2]. The van der Waals surface area contributed by atoms with E-state index < -0.39 is 0 Å². The second-order valence-electron chi connectivity index (χ2n) is 7.85. The van der Waals surface area contributed by atoms with Crippen molar-refractivity contribution < 1.29 is 26.2 Å². The van der Waals surface area contributed by atoms with Crippen molar-refractivity contribution in [3.63, 3.8) is 0 Å². The van der Waals surface area contributed by atoms with Crippen LogP contribution >= 0.6 is 0 Å². The molecule has 0 aromatic carbocycles. The molecule has 0 N–H and O–H groups in total. The molecule has 4 unspecified atom stereocenters. The van der Waals surface area contributed by atoms with Gasteiger partial charge in [-0.25, -0.2) is 0 Å². The minimum atomic E-state index is 0. The summed E-state index contributed by atoms with van der Waals surface area (Å²) in [6.45, 7) is 9.37. The zero-order valence-electron chi connectivity index (χ0n) is 15.3. The van der Waals surface area contributed by atoms with Gasteiger partial charge in [0.2, 0.25) is 0 Å². The van der Waals surface area contributed by atoms with Crippen LogP contribution < -0.4 is 0 Å². The van der Waals surface area contributed by atoms with Crippen molar-refractivity contribution in [2.24, 2.45) is 23.7 Å². The molecule has 0 nitrogen and oxygen atoms in total. The Labute approximate surface area is 154 Å². The Morgan fingerprint density at radius 2 is 1.05 bits per heavy atom. The molecule has 2 aliphatic carbocycles. The van der Waals surface area contributed by atoms with Gasteiger partial charge in [0.25, 0.3) is 0 Å². The summed E-state index contributed by atoms with van der Waals surface area (Å²) in [6.07, 6.45) is 17.7. The number of hydrogen-bond acceptors (Lipinski definition) is 0. The first-order chi connectivity index (χ1) is 9.65. The monoisotopic (exact) mass is 370 g/mol. The maximum Gasteiger partial charge on any atom is 2.00 e. The van der Waals surface area contributed by atoms with E-state index >= 15 is 0 Å². The molecule has 0 aliphatic heterocycles. The summed E-state index contributed by atoms with van der Waals surface area (Å²) in [5, 5.41) is 0. The molecule has 2 fully saturated rings. The van der Waals surface area contributed by atoms with Gasteiger partial charge in [0.1, 0.15) is 0 Å². The van der Waals surface area contributed by atoms with E-state index in [1.807, 2.05) is 0 Å². The summed E-state index contributed by atoms with van der Waals surface area (Å²) < 4.78 is 0. The van der Waals surface area contributed by atoms with Gasteiger partial charge in [-0.2, -0.15) is 0 Å². The second kappa shape index (κ2) is 13.3. The van der Waals surface area contributed by atoms with Gasteiger partial charge in [0.15, 0.2) is 0 Å². The first kappa shape index (κ1) is 21.9. The van der Waals surface area contributed by atoms with Crippen molar-refractivity contribution in [2.75, 3.05) is 0 Å². The van der Waals surface area contributed by atoms with E-state index in [0.29, 0.717) is 0 Å². The Bertz CT molecular complexity index is 202. The summed E-state index contributed by atoms with van der Waals surface area (Å²) in [7, 11) is 0. The molecular formula is C20H40Zr+2. The van der Waals surface area contributed by atoms with Gasteiger partial charge in [-0.05, 0) is 36.5 Å². The average molecular weight is 372 g/mol. The van der Waals surface area contributed by atoms with Gasteiger partial charge in [0, 0.05) is 0 Å². The molecule has 2 saturated carbocycles. The minimum Gasteiger partial charge on any atom is -0.0654 e. The van der Waals surface area contributed by atoms with E-state index in [4.69, 9.17) is 0 Å². The third-order valence-corrected chi connectivity index (χ3v) is 5.54. The molecule has 0 aromatic heterocycles. The number of hydrogen-bond donors (Lipinski definition) is 0. The topological polar surface area (TPSA) is 0 Å². The zero-order chi connectivity index (χ0) is 14.8. The first-order valence-electron chi connectivity index (χ1n) is 9.65. The third kappa shape index (κ3) is 10.3. The Morgan fingerprint density at radius 1 is 0.667 bits per heavy atom. The van der Waals surface area contributed by atoms with Crippen LogP contribution in [-0.2, 0) is 26.2 Å². The maximum absolute atomic E-state index is 2.39. The molecule has 0 amide bonds. The van der Waals surface area contributed by atoms with E-state index in [1.165, 1.54) is 77.0 Å². The molecule has 2 rings (SSSR count). The fourth-order valence-corrected chi connectivity index (χ4v) is 4.16. The van der Waals surface area contributed by atoms with E-state index in [-0.39, 0.29) is 26.2 Å². The predicted octanol–water partition coefficient (Wildman–Crippen LogP) is 7.22. The van der Waals surface area contributed by atoms with Crippen LogP contribution in [0.3, 0.4) is 0 Å². The Hall–Kier alpha value is 0.883. The summed E-state index contributed by atoms with van der Waals surface area (Å²) in [6, 6.07) is 0. The molecule has 0 radical (unpaired) electrons. The van der Waals surface area contributed by atoms with Crippen molar-refractivity contribution in [1.29, 1.82) is 0 Å². The molecule has 0 spiro atoms. The Morgan fingerprint density at radius 3 is 1.29 bits per heavy atom. The van der Waals surface area contributed by atoms with Crippen molar-refractivity contribution in [2.45, 2.75) is 105 Å². The standard InChI is InChI=1S/2C10H20.Zr/c2*1-3-4-5-10-7-6-9(2)8-10;/h2*9-10H,3-8H2,1-2H3;/q;;+2. The fourth-order valence-electron chi connectivity index (χ4n) is 4.16. The summed E-state index contributed by atoms with van der Waals surface area (Å²) in [4.78, 5) is 0. The van der Waals surface area contributed by atoms with E-state index in [0.717, 1.165) is 23.7 Å². The molecule has 0 heterocycles. The van der Waals surface area contributed by atoms with Crippen molar-refractivity contribution in [3.8, 4) is 0 Å². The summed E-state index contributed by atoms with van der Waals surface area (Å²) >= 11 is 0. The number of unbranched alkanes of at least 4 members (excludes halogenated alkanes) is 2. The molecule has 1 heteroatoms. The second-order valence-corrected chi connectivity index (χ2v) is 7.85. The molecule has 4 atom stereocenters. The van der Waals surface area contributed by atoms with Gasteiger partial charge in [0.05, 0.1) is 0 Å². The molecule has 0 aromatic rings. The predicted molar refractivity (Wildman–Crippen MR) is 92.1 cm³/mol. The van der Waals surface area contributed by atoms with Gasteiger partial charge < -0.3 is 0 Å². The van der Waals surface area contributed by atoms with Crippen LogP contribution in [0.4, 0.5) is 0 Å². The normalized spacial score (nSPS) is 31.4. The smallest absolute Gasteiger partial charge is 0.0654 e. The number of rotatable bonds is 6. The van der Waals surface area contributed by atoms with Gasteiger partial charge in [-0.3, -0.25) is 0 Å². The van der Waals surface area contributed by atoms with E-state index in [1.54, 1.807) is 0 Å². The zero-order valence-corrected chi connectivity index (χ0v) is 17.8. The maximum atomic E-state index is 2.39. The van der Waals surface area contributed by atoms with E-state index in [9.17, 15) is 0 Å². The van der Waals surface area contributed by atoms with Crippen LogP contribution in [0, 0.1) is 23.7 Å².